The third kappa shape index (κ3) is 5.06. The van der Waals surface area contributed by atoms with Crippen molar-refractivity contribution >= 4 is 21.8 Å². The summed E-state index contributed by atoms with van der Waals surface area (Å²) >= 11 is 0. The molecule has 0 fully saturated rings. The molecule has 0 bridgehead atoms. The van der Waals surface area contributed by atoms with Crippen LogP contribution in [0.15, 0.2) is 109 Å². The molecule has 0 aliphatic carbocycles. The first-order valence-corrected chi connectivity index (χ1v) is 15.3. The first-order valence-electron chi connectivity index (χ1n) is 15.3. The van der Waals surface area contributed by atoms with Gasteiger partial charge in [0.25, 0.3) is 0 Å². The molecule has 0 saturated carbocycles. The normalized spacial score (nSPS) is 11.9. The lowest BCUT2D eigenvalue weighted by Crippen LogP contribution is -2.15. The third-order valence-electron chi connectivity index (χ3n) is 8.99. The summed E-state index contributed by atoms with van der Waals surface area (Å²) in [5, 5.41) is 7.03. The Hall–Kier alpha value is -5.23. The van der Waals surface area contributed by atoms with E-state index < -0.39 is 0 Å². The smallest absolute Gasteiger partial charge is 0.140 e. The average Bonchev–Trinajstić information content (AvgIpc) is 3.53. The second kappa shape index (κ2) is 11.0. The number of halogens is 1. The molecule has 0 aliphatic rings. The van der Waals surface area contributed by atoms with Gasteiger partial charge < -0.3 is 4.74 Å². The molecule has 0 unspecified atom stereocenters. The third-order valence-corrected chi connectivity index (χ3v) is 8.99. The van der Waals surface area contributed by atoms with Crippen molar-refractivity contribution in [3.05, 3.63) is 132 Å². The molecule has 0 spiro atoms. The molecular formula is C39H35FN4O. The summed E-state index contributed by atoms with van der Waals surface area (Å²) in [4.78, 5) is 4.54. The quantitative estimate of drug-likeness (QED) is 0.184. The number of nitrogens with zero attached hydrogens (tertiary/aromatic N) is 4. The molecule has 4 aromatic carbocycles. The van der Waals surface area contributed by atoms with Gasteiger partial charge in [-0.2, -0.15) is 5.10 Å². The molecule has 0 amide bonds. The van der Waals surface area contributed by atoms with Crippen LogP contribution in [-0.2, 0) is 5.41 Å². The number of pyridine rings is 1. The Labute approximate surface area is 262 Å². The number of benzene rings is 4. The van der Waals surface area contributed by atoms with Crippen LogP contribution < -0.4 is 4.74 Å². The van der Waals surface area contributed by atoms with Crippen molar-refractivity contribution in [3.63, 3.8) is 0 Å². The van der Waals surface area contributed by atoms with Crippen LogP contribution in [0, 0.1) is 19.7 Å². The first kappa shape index (κ1) is 28.5. The Bertz CT molecular complexity index is 2190. The second-order valence-electron chi connectivity index (χ2n) is 12.2. The average molecular weight is 595 g/mol. The number of aryl methyl sites for hydroxylation is 1. The predicted molar refractivity (Wildman–Crippen MR) is 180 cm³/mol. The highest BCUT2D eigenvalue weighted by molar-refractivity contribution is 6.09. The van der Waals surface area contributed by atoms with Crippen LogP contribution in [0.3, 0.4) is 0 Å². The Morgan fingerprint density at radius 2 is 1.58 bits per heavy atom. The van der Waals surface area contributed by atoms with Gasteiger partial charge in [-0.05, 0) is 79.3 Å². The molecule has 0 aliphatic heterocycles. The molecule has 3 aromatic heterocycles. The number of ether oxygens (including phenoxy) is 1. The van der Waals surface area contributed by atoms with Gasteiger partial charge in [0, 0.05) is 46.4 Å². The molecule has 0 atom stereocenters. The lowest BCUT2D eigenvalue weighted by atomic mass is 9.82. The Balaban J connectivity index is 1.31. The summed E-state index contributed by atoms with van der Waals surface area (Å²) in [5.74, 6) is 1.56. The number of rotatable bonds is 7. The van der Waals surface area contributed by atoms with Crippen molar-refractivity contribution in [2.45, 2.75) is 46.5 Å². The standard InChI is InChI=1S/C39H35FN4O/c1-6-39(4,5)28-15-18-35-34(21-28)33-17-16-32(24-36(33)43(35)37-22-29(40)19-20-41-37)45-31-14-10-13-30(23-31)44-26(3)38(25(2)42-44)27-11-8-7-9-12-27/h7-24H,6H2,1-5H3. The van der Waals surface area contributed by atoms with E-state index in [1.165, 1.54) is 23.9 Å². The molecule has 224 valence electrons. The van der Waals surface area contributed by atoms with E-state index in [2.05, 4.69) is 69.1 Å². The van der Waals surface area contributed by atoms with Gasteiger partial charge in [-0.1, -0.05) is 63.2 Å². The molecule has 7 rings (SSSR count). The van der Waals surface area contributed by atoms with E-state index in [1.807, 2.05) is 70.8 Å². The highest BCUT2D eigenvalue weighted by Gasteiger charge is 2.22. The van der Waals surface area contributed by atoms with Gasteiger partial charge in [-0.3, -0.25) is 4.57 Å². The lowest BCUT2D eigenvalue weighted by Gasteiger charge is -2.23. The van der Waals surface area contributed by atoms with Gasteiger partial charge in [0.2, 0.25) is 0 Å². The van der Waals surface area contributed by atoms with E-state index in [9.17, 15) is 4.39 Å². The Morgan fingerprint density at radius 3 is 2.36 bits per heavy atom. The van der Waals surface area contributed by atoms with Gasteiger partial charge in [-0.25, -0.2) is 14.1 Å². The summed E-state index contributed by atoms with van der Waals surface area (Å²) in [6.07, 6.45) is 2.52. The van der Waals surface area contributed by atoms with Gasteiger partial charge >= 0.3 is 0 Å². The Kier molecular flexibility index (Phi) is 7.00. The molecular weight excluding hydrogens is 559 g/mol. The number of aromatic nitrogens is 4. The Morgan fingerprint density at radius 1 is 0.778 bits per heavy atom. The van der Waals surface area contributed by atoms with Crippen LogP contribution in [0.1, 0.15) is 44.1 Å². The number of hydrogen-bond donors (Lipinski definition) is 0. The minimum atomic E-state index is -0.331. The molecule has 0 N–H and O–H groups in total. The van der Waals surface area contributed by atoms with Crippen molar-refractivity contribution in [1.82, 2.24) is 19.3 Å². The van der Waals surface area contributed by atoms with E-state index in [0.29, 0.717) is 17.3 Å². The molecule has 5 nitrogen and oxygen atoms in total. The summed E-state index contributed by atoms with van der Waals surface area (Å²) < 4.78 is 24.9. The number of hydrogen-bond acceptors (Lipinski definition) is 3. The summed E-state index contributed by atoms with van der Waals surface area (Å²) in [6, 6.07) is 33.8. The van der Waals surface area contributed by atoms with Crippen molar-refractivity contribution in [1.29, 1.82) is 0 Å². The van der Waals surface area contributed by atoms with Crippen LogP contribution in [0.4, 0.5) is 4.39 Å². The minimum Gasteiger partial charge on any atom is -0.457 e. The largest absolute Gasteiger partial charge is 0.457 e. The molecule has 3 heterocycles. The second-order valence-corrected chi connectivity index (χ2v) is 12.2. The summed E-state index contributed by atoms with van der Waals surface area (Å²) in [5.41, 5.74) is 8.40. The fourth-order valence-electron chi connectivity index (χ4n) is 6.18. The zero-order valence-electron chi connectivity index (χ0n) is 26.2. The molecule has 0 radical (unpaired) electrons. The van der Waals surface area contributed by atoms with Gasteiger partial charge in [0.05, 0.1) is 22.4 Å². The van der Waals surface area contributed by atoms with Crippen molar-refractivity contribution in [2.24, 2.45) is 0 Å². The fraction of sp³-hybridized carbons (Fsp3) is 0.179. The van der Waals surface area contributed by atoms with E-state index in [-0.39, 0.29) is 11.2 Å². The van der Waals surface area contributed by atoms with Crippen LogP contribution in [0.25, 0.3) is 44.4 Å². The SMILES string of the molecule is CCC(C)(C)c1ccc2c(c1)c1ccc(Oc3cccc(-n4nc(C)c(-c5ccccc5)c4C)c3)cc1n2-c1cc(F)ccn1. The maximum Gasteiger partial charge on any atom is 0.140 e. The van der Waals surface area contributed by atoms with Gasteiger partial charge in [-0.15, -0.1) is 0 Å². The summed E-state index contributed by atoms with van der Waals surface area (Å²) in [7, 11) is 0. The van der Waals surface area contributed by atoms with Gasteiger partial charge in [0.15, 0.2) is 0 Å². The van der Waals surface area contributed by atoms with Crippen LogP contribution in [-0.4, -0.2) is 19.3 Å². The topological polar surface area (TPSA) is 44.9 Å². The van der Waals surface area contributed by atoms with Gasteiger partial charge in [0.1, 0.15) is 23.1 Å². The van der Waals surface area contributed by atoms with Crippen LogP contribution in [0.2, 0.25) is 0 Å². The monoisotopic (exact) mass is 594 g/mol. The van der Waals surface area contributed by atoms with E-state index in [4.69, 9.17) is 9.84 Å². The summed E-state index contributed by atoms with van der Waals surface area (Å²) in [6.45, 7) is 10.9. The molecule has 45 heavy (non-hydrogen) atoms. The maximum atomic E-state index is 14.4. The highest BCUT2D eigenvalue weighted by Crippen LogP contribution is 2.38. The van der Waals surface area contributed by atoms with Crippen molar-refractivity contribution < 1.29 is 9.13 Å². The fourth-order valence-corrected chi connectivity index (χ4v) is 6.18. The first-order chi connectivity index (χ1) is 21.7. The number of fused-ring (bicyclic) bond motifs is 3. The minimum absolute atomic E-state index is 0.0289. The highest BCUT2D eigenvalue weighted by atomic mass is 19.1. The lowest BCUT2D eigenvalue weighted by molar-refractivity contribution is 0.482. The zero-order chi connectivity index (χ0) is 31.3. The van der Waals surface area contributed by atoms with E-state index in [0.717, 1.165) is 56.4 Å². The molecule has 6 heteroatoms. The maximum absolute atomic E-state index is 14.4. The van der Waals surface area contributed by atoms with Crippen LogP contribution in [0.5, 0.6) is 11.5 Å². The van der Waals surface area contributed by atoms with Crippen molar-refractivity contribution in [2.75, 3.05) is 0 Å². The van der Waals surface area contributed by atoms with E-state index >= 15 is 0 Å². The molecule has 0 saturated heterocycles. The zero-order valence-corrected chi connectivity index (χ0v) is 26.2. The molecule has 7 aromatic rings. The van der Waals surface area contributed by atoms with E-state index in [1.54, 1.807) is 0 Å². The van der Waals surface area contributed by atoms with Crippen LogP contribution >= 0.6 is 0 Å². The predicted octanol–water partition coefficient (Wildman–Crippen LogP) is 10.3. The van der Waals surface area contributed by atoms with Crippen molar-refractivity contribution in [3.8, 4) is 34.1 Å².